The summed E-state index contributed by atoms with van der Waals surface area (Å²) >= 11 is 0. The van der Waals surface area contributed by atoms with Crippen LogP contribution < -0.4 is 10.2 Å². The Morgan fingerprint density at radius 3 is 2.88 bits per heavy atom. The van der Waals surface area contributed by atoms with Crippen LogP contribution in [0.15, 0.2) is 24.3 Å². The Labute approximate surface area is 148 Å². The molecule has 134 valence electrons. The van der Waals surface area contributed by atoms with Gasteiger partial charge in [-0.15, -0.1) is 0 Å². The number of hydrogen-bond donors (Lipinski definition) is 2. The Hall–Kier alpha value is -2.34. The zero-order chi connectivity index (χ0) is 17.8. The maximum Gasteiger partial charge on any atom is 0.226 e. The van der Waals surface area contributed by atoms with Gasteiger partial charge in [0.2, 0.25) is 5.91 Å². The van der Waals surface area contributed by atoms with Gasteiger partial charge in [0, 0.05) is 42.1 Å². The second kappa shape index (κ2) is 7.70. The number of hydrogen-bond acceptors (Lipinski definition) is 4. The molecule has 0 saturated carbocycles. The maximum atomic E-state index is 12.1. The summed E-state index contributed by atoms with van der Waals surface area (Å²) in [4.78, 5) is 14.0. The van der Waals surface area contributed by atoms with E-state index in [1.807, 2.05) is 47.7 Å². The molecule has 3 rings (SSSR count). The molecule has 2 heterocycles. The third-order valence-electron chi connectivity index (χ3n) is 4.79. The molecule has 6 nitrogen and oxygen atoms in total. The van der Waals surface area contributed by atoms with Crippen LogP contribution in [-0.2, 0) is 17.9 Å². The van der Waals surface area contributed by atoms with Crippen LogP contribution in [0.1, 0.15) is 36.2 Å². The topological polar surface area (TPSA) is 70.4 Å². The number of nitrogens with one attached hydrogen (secondary N) is 1. The van der Waals surface area contributed by atoms with Gasteiger partial charge in [0.15, 0.2) is 0 Å². The van der Waals surface area contributed by atoms with Crippen molar-refractivity contribution in [2.24, 2.45) is 0 Å². The van der Waals surface area contributed by atoms with Crippen molar-refractivity contribution in [3.63, 3.8) is 0 Å². The minimum atomic E-state index is 0.0841. The van der Waals surface area contributed by atoms with Gasteiger partial charge in [0.1, 0.15) is 0 Å². The Morgan fingerprint density at radius 2 is 2.12 bits per heavy atom. The molecule has 25 heavy (non-hydrogen) atoms. The summed E-state index contributed by atoms with van der Waals surface area (Å²) in [6.45, 7) is 6.07. The molecule has 1 aromatic heterocycles. The first-order valence-corrected chi connectivity index (χ1v) is 8.88. The minimum Gasteiger partial charge on any atom is -0.394 e. The summed E-state index contributed by atoms with van der Waals surface area (Å²) in [5.41, 5.74) is 5.14. The van der Waals surface area contributed by atoms with Crippen molar-refractivity contribution in [3.05, 3.63) is 41.2 Å². The van der Waals surface area contributed by atoms with Gasteiger partial charge in [-0.3, -0.25) is 9.48 Å². The molecule has 1 aliphatic heterocycles. The van der Waals surface area contributed by atoms with Crippen molar-refractivity contribution in [2.45, 2.75) is 46.2 Å². The molecular weight excluding hydrogens is 316 g/mol. The Morgan fingerprint density at radius 1 is 1.28 bits per heavy atom. The average Bonchev–Trinajstić information content (AvgIpc) is 2.88. The smallest absolute Gasteiger partial charge is 0.226 e. The maximum absolute atomic E-state index is 12.1. The quantitative estimate of drug-likeness (QED) is 0.847. The molecule has 6 heteroatoms. The number of carbonyl (C=O) groups is 1. The van der Waals surface area contributed by atoms with E-state index in [1.54, 1.807) is 0 Å². The predicted molar refractivity (Wildman–Crippen MR) is 98.8 cm³/mol. The molecule has 1 saturated heterocycles. The predicted octanol–water partition coefficient (Wildman–Crippen LogP) is 2.62. The number of aromatic nitrogens is 2. The third kappa shape index (κ3) is 3.85. The molecule has 2 N–H and O–H groups in total. The van der Waals surface area contributed by atoms with E-state index >= 15 is 0 Å². The fourth-order valence-electron chi connectivity index (χ4n) is 3.36. The number of benzene rings is 1. The summed E-state index contributed by atoms with van der Waals surface area (Å²) in [7, 11) is 0. The molecule has 0 unspecified atom stereocenters. The van der Waals surface area contributed by atoms with Crippen LogP contribution in [-0.4, -0.2) is 33.9 Å². The zero-order valence-electron chi connectivity index (χ0n) is 15.0. The van der Waals surface area contributed by atoms with Gasteiger partial charge < -0.3 is 15.3 Å². The minimum absolute atomic E-state index is 0.0841. The monoisotopic (exact) mass is 342 g/mol. The van der Waals surface area contributed by atoms with Crippen molar-refractivity contribution in [1.82, 2.24) is 9.78 Å². The van der Waals surface area contributed by atoms with Gasteiger partial charge in [0.05, 0.1) is 18.8 Å². The van der Waals surface area contributed by atoms with Crippen LogP contribution in [0.3, 0.4) is 0 Å². The number of aryl methyl sites for hydroxylation is 1. The van der Waals surface area contributed by atoms with Crippen molar-refractivity contribution in [2.75, 3.05) is 23.4 Å². The van der Waals surface area contributed by atoms with E-state index in [0.29, 0.717) is 19.5 Å². The lowest BCUT2D eigenvalue weighted by molar-refractivity contribution is -0.119. The first-order valence-electron chi connectivity index (χ1n) is 8.88. The Balaban J connectivity index is 1.72. The number of aliphatic hydroxyl groups is 1. The lowest BCUT2D eigenvalue weighted by Crippen LogP contribution is -2.35. The first kappa shape index (κ1) is 17.5. The van der Waals surface area contributed by atoms with Gasteiger partial charge in [-0.2, -0.15) is 5.10 Å². The van der Waals surface area contributed by atoms with Crippen molar-refractivity contribution >= 4 is 17.3 Å². The number of aliphatic hydroxyl groups excluding tert-OH is 1. The van der Waals surface area contributed by atoms with Gasteiger partial charge in [-0.05, 0) is 44.9 Å². The third-order valence-corrected chi connectivity index (χ3v) is 4.79. The fourth-order valence-corrected chi connectivity index (χ4v) is 3.36. The van der Waals surface area contributed by atoms with Crippen LogP contribution in [0.25, 0.3) is 0 Å². The Kier molecular flexibility index (Phi) is 5.38. The number of piperidine rings is 1. The lowest BCUT2D eigenvalue weighted by Gasteiger charge is -2.27. The van der Waals surface area contributed by atoms with E-state index in [9.17, 15) is 4.79 Å². The van der Waals surface area contributed by atoms with Crippen LogP contribution in [0.4, 0.5) is 11.4 Å². The number of nitrogens with zero attached hydrogens (tertiary/aromatic N) is 3. The van der Waals surface area contributed by atoms with E-state index in [-0.39, 0.29) is 12.5 Å². The summed E-state index contributed by atoms with van der Waals surface area (Å²) in [5.74, 6) is 0.209. The van der Waals surface area contributed by atoms with E-state index in [4.69, 9.17) is 5.11 Å². The van der Waals surface area contributed by atoms with Crippen molar-refractivity contribution in [1.29, 1.82) is 0 Å². The van der Waals surface area contributed by atoms with E-state index in [2.05, 4.69) is 10.4 Å². The van der Waals surface area contributed by atoms with Crippen LogP contribution in [0.5, 0.6) is 0 Å². The number of carbonyl (C=O) groups excluding carboxylic acids is 1. The molecule has 0 aliphatic carbocycles. The van der Waals surface area contributed by atoms with Gasteiger partial charge in [-0.1, -0.05) is 6.07 Å². The van der Waals surface area contributed by atoms with E-state index < -0.39 is 0 Å². The molecule has 0 atom stereocenters. The standard InChI is InChI=1S/C19H26N4O2/c1-14-18(15(2)23(21-14)10-11-24)13-20-16-6-5-7-17(12-16)22-9-4-3-8-19(22)25/h5-7,12,20,24H,3-4,8-11,13H2,1-2H3. The normalized spacial score (nSPS) is 14.8. The summed E-state index contributed by atoms with van der Waals surface area (Å²) in [6.07, 6.45) is 2.69. The summed E-state index contributed by atoms with van der Waals surface area (Å²) in [6, 6.07) is 8.02. The van der Waals surface area contributed by atoms with Crippen molar-refractivity contribution in [3.8, 4) is 0 Å². The molecule has 0 bridgehead atoms. The highest BCUT2D eigenvalue weighted by molar-refractivity contribution is 5.94. The van der Waals surface area contributed by atoms with Gasteiger partial charge in [0.25, 0.3) is 0 Å². The SMILES string of the molecule is Cc1nn(CCO)c(C)c1CNc1cccc(N2CCCCC2=O)c1. The summed E-state index contributed by atoms with van der Waals surface area (Å²) < 4.78 is 1.84. The number of anilines is 2. The highest BCUT2D eigenvalue weighted by atomic mass is 16.3. The number of rotatable bonds is 6. The fraction of sp³-hybridized carbons (Fsp3) is 0.474. The highest BCUT2D eigenvalue weighted by Crippen LogP contribution is 2.24. The molecule has 1 aliphatic rings. The van der Waals surface area contributed by atoms with E-state index in [1.165, 1.54) is 0 Å². The molecule has 0 radical (unpaired) electrons. The van der Waals surface area contributed by atoms with Crippen LogP contribution in [0.2, 0.25) is 0 Å². The highest BCUT2D eigenvalue weighted by Gasteiger charge is 2.19. The molecule has 2 aromatic rings. The zero-order valence-corrected chi connectivity index (χ0v) is 15.0. The van der Waals surface area contributed by atoms with Crippen molar-refractivity contribution < 1.29 is 9.90 Å². The molecular formula is C19H26N4O2. The van der Waals surface area contributed by atoms with E-state index in [0.717, 1.165) is 47.7 Å². The largest absolute Gasteiger partial charge is 0.394 e. The molecule has 1 fully saturated rings. The van der Waals surface area contributed by atoms with Crippen LogP contribution in [0, 0.1) is 13.8 Å². The average molecular weight is 342 g/mol. The second-order valence-corrected chi connectivity index (χ2v) is 6.50. The molecule has 1 aromatic carbocycles. The summed E-state index contributed by atoms with van der Waals surface area (Å²) in [5, 5.41) is 17.0. The second-order valence-electron chi connectivity index (χ2n) is 6.50. The lowest BCUT2D eigenvalue weighted by atomic mass is 10.1. The Bertz CT molecular complexity index is 754. The van der Waals surface area contributed by atoms with Crippen LogP contribution >= 0.6 is 0 Å². The van der Waals surface area contributed by atoms with Gasteiger partial charge in [-0.25, -0.2) is 0 Å². The first-order chi connectivity index (χ1) is 12.1. The molecule has 1 amide bonds. The van der Waals surface area contributed by atoms with Gasteiger partial charge >= 0.3 is 0 Å². The number of amides is 1. The molecule has 0 spiro atoms.